The SMILES string of the molecule is Cc1ccc(-n2nc(C(=O)Nc3ccc(F)cc3)nc2-c2cccc(Cl)c2)cc1. The van der Waals surface area contributed by atoms with Crippen molar-refractivity contribution >= 4 is 23.2 Å². The first-order valence-electron chi connectivity index (χ1n) is 8.86. The number of carbonyl (C=O) groups excluding carboxylic acids is 1. The molecule has 5 nitrogen and oxygen atoms in total. The quantitative estimate of drug-likeness (QED) is 0.501. The number of amides is 1. The van der Waals surface area contributed by atoms with E-state index in [1.165, 1.54) is 24.3 Å². The van der Waals surface area contributed by atoms with Crippen LogP contribution in [0, 0.1) is 12.7 Å². The van der Waals surface area contributed by atoms with Crippen LogP contribution < -0.4 is 5.32 Å². The number of aryl methyl sites for hydroxylation is 1. The van der Waals surface area contributed by atoms with Gasteiger partial charge in [0.2, 0.25) is 5.82 Å². The van der Waals surface area contributed by atoms with Crippen molar-refractivity contribution in [1.82, 2.24) is 14.8 Å². The summed E-state index contributed by atoms with van der Waals surface area (Å²) in [7, 11) is 0. The van der Waals surface area contributed by atoms with E-state index in [2.05, 4.69) is 15.4 Å². The molecule has 1 amide bonds. The average molecular weight is 407 g/mol. The molecule has 0 spiro atoms. The fourth-order valence-electron chi connectivity index (χ4n) is 2.81. The smallest absolute Gasteiger partial charge is 0.295 e. The normalized spacial score (nSPS) is 10.7. The Bertz CT molecular complexity index is 1170. The summed E-state index contributed by atoms with van der Waals surface area (Å²) >= 11 is 6.14. The lowest BCUT2D eigenvalue weighted by molar-refractivity contribution is 0.101. The molecule has 1 aromatic heterocycles. The van der Waals surface area contributed by atoms with E-state index in [-0.39, 0.29) is 11.6 Å². The number of carbonyl (C=O) groups is 1. The van der Waals surface area contributed by atoms with Crippen LogP contribution in [-0.4, -0.2) is 20.7 Å². The van der Waals surface area contributed by atoms with Gasteiger partial charge in [0.05, 0.1) is 5.69 Å². The zero-order valence-corrected chi connectivity index (χ0v) is 16.2. The van der Waals surface area contributed by atoms with E-state index in [4.69, 9.17) is 11.6 Å². The molecule has 0 atom stereocenters. The van der Waals surface area contributed by atoms with Crippen molar-refractivity contribution in [3.05, 3.63) is 95.0 Å². The molecule has 0 fully saturated rings. The zero-order chi connectivity index (χ0) is 20.4. The molecule has 7 heteroatoms. The highest BCUT2D eigenvalue weighted by Crippen LogP contribution is 2.24. The fourth-order valence-corrected chi connectivity index (χ4v) is 3.00. The second-order valence-electron chi connectivity index (χ2n) is 6.48. The van der Waals surface area contributed by atoms with E-state index >= 15 is 0 Å². The third-order valence-electron chi connectivity index (χ3n) is 4.27. The van der Waals surface area contributed by atoms with Gasteiger partial charge in [-0.3, -0.25) is 4.79 Å². The Balaban J connectivity index is 1.75. The van der Waals surface area contributed by atoms with Gasteiger partial charge < -0.3 is 5.32 Å². The average Bonchev–Trinajstić information content (AvgIpc) is 3.16. The summed E-state index contributed by atoms with van der Waals surface area (Å²) < 4.78 is 14.7. The van der Waals surface area contributed by atoms with Gasteiger partial charge in [0, 0.05) is 16.3 Å². The summed E-state index contributed by atoms with van der Waals surface area (Å²) in [6, 6.07) is 20.4. The molecule has 0 radical (unpaired) electrons. The predicted molar refractivity (Wildman–Crippen MR) is 111 cm³/mol. The largest absolute Gasteiger partial charge is 0.319 e. The Kier molecular flexibility index (Phi) is 5.10. The van der Waals surface area contributed by atoms with Crippen LogP contribution in [0.4, 0.5) is 10.1 Å². The monoisotopic (exact) mass is 406 g/mol. The first-order chi connectivity index (χ1) is 14.0. The molecule has 0 aliphatic heterocycles. The molecule has 144 valence electrons. The minimum absolute atomic E-state index is 0.00937. The highest BCUT2D eigenvalue weighted by Gasteiger charge is 2.19. The lowest BCUT2D eigenvalue weighted by atomic mass is 10.2. The number of rotatable bonds is 4. The predicted octanol–water partition coefficient (Wildman–Crippen LogP) is 5.29. The molecular weight excluding hydrogens is 391 g/mol. The molecular formula is C22H16ClFN4O. The Labute approximate surface area is 171 Å². The van der Waals surface area contributed by atoms with E-state index in [1.807, 2.05) is 43.3 Å². The highest BCUT2D eigenvalue weighted by molar-refractivity contribution is 6.30. The number of nitrogens with one attached hydrogen (secondary N) is 1. The lowest BCUT2D eigenvalue weighted by Gasteiger charge is -2.06. The Hall–Kier alpha value is -3.51. The second kappa shape index (κ2) is 7.85. The summed E-state index contributed by atoms with van der Waals surface area (Å²) in [5.74, 6) is -0.399. The molecule has 0 saturated carbocycles. The van der Waals surface area contributed by atoms with Gasteiger partial charge in [0.25, 0.3) is 5.91 Å². The van der Waals surface area contributed by atoms with Gasteiger partial charge in [0.1, 0.15) is 5.82 Å². The Morgan fingerprint density at radius 3 is 2.45 bits per heavy atom. The molecule has 0 unspecified atom stereocenters. The maximum atomic E-state index is 13.1. The summed E-state index contributed by atoms with van der Waals surface area (Å²) in [5, 5.41) is 7.64. The summed E-state index contributed by atoms with van der Waals surface area (Å²) in [5.41, 5.74) is 3.05. The van der Waals surface area contributed by atoms with E-state index in [9.17, 15) is 9.18 Å². The van der Waals surface area contributed by atoms with Crippen molar-refractivity contribution in [1.29, 1.82) is 0 Å². The lowest BCUT2D eigenvalue weighted by Crippen LogP contribution is -2.14. The van der Waals surface area contributed by atoms with Gasteiger partial charge in [0.15, 0.2) is 5.82 Å². The molecule has 4 rings (SSSR count). The van der Waals surface area contributed by atoms with Crippen molar-refractivity contribution in [2.24, 2.45) is 0 Å². The van der Waals surface area contributed by atoms with Gasteiger partial charge in [-0.1, -0.05) is 41.4 Å². The number of benzene rings is 3. The van der Waals surface area contributed by atoms with Gasteiger partial charge in [-0.2, -0.15) is 0 Å². The molecule has 1 heterocycles. The van der Waals surface area contributed by atoms with Crippen LogP contribution in [0.15, 0.2) is 72.8 Å². The van der Waals surface area contributed by atoms with Gasteiger partial charge in [-0.05, 0) is 55.5 Å². The minimum atomic E-state index is -0.495. The summed E-state index contributed by atoms with van der Waals surface area (Å²) in [6.07, 6.45) is 0. The van der Waals surface area contributed by atoms with Crippen LogP contribution in [0.5, 0.6) is 0 Å². The van der Waals surface area contributed by atoms with Gasteiger partial charge >= 0.3 is 0 Å². The minimum Gasteiger partial charge on any atom is -0.319 e. The topological polar surface area (TPSA) is 59.8 Å². The first kappa shape index (κ1) is 18.8. The standard InChI is InChI=1S/C22H16ClFN4O/c1-14-5-11-19(12-6-14)28-21(15-3-2-4-16(23)13-15)26-20(27-28)22(29)25-18-9-7-17(24)8-10-18/h2-13H,1H3,(H,25,29). The van der Waals surface area contributed by atoms with E-state index in [0.717, 1.165) is 16.8 Å². The maximum absolute atomic E-state index is 13.1. The third-order valence-corrected chi connectivity index (χ3v) is 4.51. The number of anilines is 1. The van der Waals surface area contributed by atoms with Crippen LogP contribution in [0.25, 0.3) is 17.1 Å². The van der Waals surface area contributed by atoms with Crippen molar-refractivity contribution < 1.29 is 9.18 Å². The van der Waals surface area contributed by atoms with Gasteiger partial charge in [-0.25, -0.2) is 14.1 Å². The van der Waals surface area contributed by atoms with Crippen LogP contribution in [0.3, 0.4) is 0 Å². The summed E-state index contributed by atoms with van der Waals surface area (Å²) in [4.78, 5) is 17.1. The van der Waals surface area contributed by atoms with Crippen molar-refractivity contribution in [3.63, 3.8) is 0 Å². The Morgan fingerprint density at radius 2 is 1.76 bits per heavy atom. The molecule has 0 bridgehead atoms. The molecule has 0 saturated heterocycles. The molecule has 1 N–H and O–H groups in total. The van der Waals surface area contributed by atoms with E-state index < -0.39 is 5.91 Å². The van der Waals surface area contributed by atoms with E-state index in [1.54, 1.807) is 16.8 Å². The van der Waals surface area contributed by atoms with Crippen molar-refractivity contribution in [3.8, 4) is 17.1 Å². The number of hydrogen-bond acceptors (Lipinski definition) is 3. The van der Waals surface area contributed by atoms with E-state index in [0.29, 0.717) is 16.5 Å². The van der Waals surface area contributed by atoms with Crippen LogP contribution in [-0.2, 0) is 0 Å². The van der Waals surface area contributed by atoms with Gasteiger partial charge in [-0.15, -0.1) is 5.10 Å². The number of hydrogen-bond donors (Lipinski definition) is 1. The van der Waals surface area contributed by atoms with Crippen molar-refractivity contribution in [2.75, 3.05) is 5.32 Å². The third kappa shape index (κ3) is 4.17. The van der Waals surface area contributed by atoms with Crippen LogP contribution in [0.2, 0.25) is 5.02 Å². The Morgan fingerprint density at radius 1 is 1.03 bits per heavy atom. The fraction of sp³-hybridized carbons (Fsp3) is 0.0455. The maximum Gasteiger partial charge on any atom is 0.295 e. The molecule has 0 aliphatic carbocycles. The first-order valence-corrected chi connectivity index (χ1v) is 9.24. The van der Waals surface area contributed by atoms with Crippen molar-refractivity contribution in [2.45, 2.75) is 6.92 Å². The molecule has 4 aromatic rings. The molecule has 3 aromatic carbocycles. The number of nitrogens with zero attached hydrogens (tertiary/aromatic N) is 3. The molecule has 0 aliphatic rings. The number of aromatic nitrogens is 3. The molecule has 29 heavy (non-hydrogen) atoms. The van der Waals surface area contributed by atoms with Crippen LogP contribution >= 0.6 is 11.6 Å². The second-order valence-corrected chi connectivity index (χ2v) is 6.91. The zero-order valence-electron chi connectivity index (χ0n) is 15.4. The summed E-state index contributed by atoms with van der Waals surface area (Å²) in [6.45, 7) is 1.99. The van der Waals surface area contributed by atoms with Crippen LogP contribution in [0.1, 0.15) is 16.2 Å². The highest BCUT2D eigenvalue weighted by atomic mass is 35.5. The number of halogens is 2.